The van der Waals surface area contributed by atoms with E-state index in [1.807, 2.05) is 13.0 Å². The van der Waals surface area contributed by atoms with Gasteiger partial charge in [-0.25, -0.2) is 19.5 Å². The second-order valence-corrected chi connectivity index (χ2v) is 3.93. The number of hydrogen-bond donors (Lipinski definition) is 2. The fourth-order valence-electron chi connectivity index (χ4n) is 1.79. The molecule has 90 valence electrons. The number of hydrogen-bond acceptors (Lipinski definition) is 5. The van der Waals surface area contributed by atoms with Crippen molar-refractivity contribution in [2.45, 2.75) is 6.92 Å². The molecule has 0 spiro atoms. The number of aromatic nitrogens is 4. The number of fused-ring (bicyclic) bond motifs is 1. The number of nitrogens with zero attached hydrogens (tertiary/aromatic N) is 4. The Morgan fingerprint density at radius 3 is 2.06 bits per heavy atom. The van der Waals surface area contributed by atoms with Gasteiger partial charge in [-0.15, -0.1) is 0 Å². The molecule has 0 aliphatic carbocycles. The van der Waals surface area contributed by atoms with Gasteiger partial charge in [0.2, 0.25) is 11.8 Å². The maximum atomic E-state index is 10.1. The van der Waals surface area contributed by atoms with Crippen LogP contribution in [0.25, 0.3) is 16.9 Å². The first-order chi connectivity index (χ1) is 8.68. The Labute approximate surface area is 102 Å². The molecule has 0 amide bonds. The molecular weight excluding hydrogens is 232 g/mol. The molecule has 6 heteroatoms. The molecule has 0 unspecified atom stereocenters. The second-order valence-electron chi connectivity index (χ2n) is 3.93. The fourth-order valence-corrected chi connectivity index (χ4v) is 1.79. The summed E-state index contributed by atoms with van der Waals surface area (Å²) >= 11 is 0. The van der Waals surface area contributed by atoms with Gasteiger partial charge in [0.1, 0.15) is 5.82 Å². The summed E-state index contributed by atoms with van der Waals surface area (Å²) < 4.78 is 1.21. The first-order valence-electron chi connectivity index (χ1n) is 5.35. The minimum absolute atomic E-state index is 0.174. The van der Waals surface area contributed by atoms with E-state index in [1.54, 1.807) is 12.3 Å². The zero-order valence-electron chi connectivity index (χ0n) is 9.57. The molecule has 3 aromatic heterocycles. The van der Waals surface area contributed by atoms with E-state index in [2.05, 4.69) is 15.0 Å². The lowest BCUT2D eigenvalue weighted by Gasteiger charge is -2.04. The third-order valence-corrected chi connectivity index (χ3v) is 2.67. The summed E-state index contributed by atoms with van der Waals surface area (Å²) in [5.74, 6) is 0.0642. The molecule has 3 rings (SSSR count). The normalized spacial score (nSPS) is 10.9. The highest BCUT2D eigenvalue weighted by Crippen LogP contribution is 2.35. The van der Waals surface area contributed by atoms with Gasteiger partial charge in [-0.1, -0.05) is 6.07 Å². The summed E-state index contributed by atoms with van der Waals surface area (Å²) in [5.41, 5.74) is 1.49. The molecule has 0 aliphatic heterocycles. The smallest absolute Gasteiger partial charge is 0.228 e. The van der Waals surface area contributed by atoms with Crippen molar-refractivity contribution in [3.05, 3.63) is 36.3 Å². The maximum absolute atomic E-state index is 10.1. The monoisotopic (exact) mass is 242 g/mol. The average Bonchev–Trinajstić information content (AvgIpc) is 2.64. The second kappa shape index (κ2) is 3.69. The van der Waals surface area contributed by atoms with Crippen molar-refractivity contribution in [2.75, 3.05) is 0 Å². The van der Waals surface area contributed by atoms with Gasteiger partial charge in [0.05, 0.1) is 0 Å². The SMILES string of the molecule is Cc1ccc(-n2c(O)c3nccnc3c2O)nc1. The summed E-state index contributed by atoms with van der Waals surface area (Å²) in [4.78, 5) is 12.1. The predicted octanol–water partition coefficient (Wildman–Crippen LogP) is 1.54. The number of aryl methyl sites for hydroxylation is 1. The Hall–Kier alpha value is -2.63. The van der Waals surface area contributed by atoms with Crippen molar-refractivity contribution in [1.29, 1.82) is 0 Å². The average molecular weight is 242 g/mol. The Kier molecular flexibility index (Phi) is 2.16. The molecule has 0 bridgehead atoms. The van der Waals surface area contributed by atoms with Gasteiger partial charge in [0, 0.05) is 18.6 Å². The third kappa shape index (κ3) is 1.39. The van der Waals surface area contributed by atoms with E-state index in [4.69, 9.17) is 0 Å². The van der Waals surface area contributed by atoms with Crippen LogP contribution in [-0.4, -0.2) is 29.7 Å². The van der Waals surface area contributed by atoms with E-state index < -0.39 is 0 Å². The lowest BCUT2D eigenvalue weighted by molar-refractivity contribution is 0.404. The van der Waals surface area contributed by atoms with Crippen LogP contribution < -0.4 is 0 Å². The molecule has 0 atom stereocenters. The maximum Gasteiger partial charge on any atom is 0.228 e. The van der Waals surface area contributed by atoms with Gasteiger partial charge < -0.3 is 10.2 Å². The van der Waals surface area contributed by atoms with Gasteiger partial charge >= 0.3 is 0 Å². The van der Waals surface area contributed by atoms with Crippen LogP contribution in [0.4, 0.5) is 0 Å². The van der Waals surface area contributed by atoms with Crippen molar-refractivity contribution in [3.63, 3.8) is 0 Å². The van der Waals surface area contributed by atoms with Crippen molar-refractivity contribution >= 4 is 11.0 Å². The first-order valence-corrected chi connectivity index (χ1v) is 5.35. The minimum Gasteiger partial charge on any atom is -0.493 e. The van der Waals surface area contributed by atoms with Gasteiger partial charge in [-0.2, -0.15) is 0 Å². The molecule has 6 nitrogen and oxygen atoms in total. The Balaban J connectivity index is 2.32. The fraction of sp³-hybridized carbons (Fsp3) is 0.0833. The van der Waals surface area contributed by atoms with Gasteiger partial charge in [-0.3, -0.25) is 0 Å². The summed E-state index contributed by atoms with van der Waals surface area (Å²) in [6.45, 7) is 1.91. The van der Waals surface area contributed by atoms with E-state index >= 15 is 0 Å². The molecule has 2 N–H and O–H groups in total. The van der Waals surface area contributed by atoms with E-state index in [0.717, 1.165) is 5.56 Å². The van der Waals surface area contributed by atoms with Crippen LogP contribution in [0, 0.1) is 6.92 Å². The summed E-state index contributed by atoms with van der Waals surface area (Å²) in [7, 11) is 0. The number of pyridine rings is 1. The highest BCUT2D eigenvalue weighted by molar-refractivity contribution is 5.86. The van der Waals surface area contributed by atoms with Crippen LogP contribution >= 0.6 is 0 Å². The zero-order valence-corrected chi connectivity index (χ0v) is 9.57. The molecular formula is C12H10N4O2. The standard InChI is InChI=1S/C12H10N4O2/c1-7-2-3-8(15-6-7)16-11(17)9-10(12(16)18)14-5-4-13-9/h2-6,17-18H,1H3. The van der Waals surface area contributed by atoms with Gasteiger partial charge in [0.25, 0.3) is 0 Å². The zero-order chi connectivity index (χ0) is 12.7. The summed E-state index contributed by atoms with van der Waals surface area (Å²) in [6.07, 6.45) is 4.56. The van der Waals surface area contributed by atoms with Crippen LogP contribution in [0.2, 0.25) is 0 Å². The predicted molar refractivity (Wildman–Crippen MR) is 64.7 cm³/mol. The topological polar surface area (TPSA) is 84.1 Å². The van der Waals surface area contributed by atoms with Crippen molar-refractivity contribution in [3.8, 4) is 17.6 Å². The number of rotatable bonds is 1. The van der Waals surface area contributed by atoms with Gasteiger partial charge in [-0.05, 0) is 18.6 Å². The van der Waals surface area contributed by atoms with Crippen molar-refractivity contribution in [1.82, 2.24) is 19.5 Å². The van der Waals surface area contributed by atoms with Crippen LogP contribution in [0.15, 0.2) is 30.7 Å². The first kappa shape index (κ1) is 10.5. The summed E-state index contributed by atoms with van der Waals surface area (Å²) in [5, 5.41) is 20.1. The largest absolute Gasteiger partial charge is 0.493 e. The highest BCUT2D eigenvalue weighted by Gasteiger charge is 2.19. The molecule has 18 heavy (non-hydrogen) atoms. The Bertz CT molecular complexity index is 680. The van der Waals surface area contributed by atoms with E-state index in [1.165, 1.54) is 17.0 Å². The minimum atomic E-state index is -0.174. The lowest BCUT2D eigenvalue weighted by atomic mass is 10.3. The molecule has 0 saturated heterocycles. The lowest BCUT2D eigenvalue weighted by Crippen LogP contribution is -1.96. The molecule has 0 saturated carbocycles. The van der Waals surface area contributed by atoms with Crippen molar-refractivity contribution in [2.24, 2.45) is 0 Å². The van der Waals surface area contributed by atoms with Crippen LogP contribution in [0.5, 0.6) is 11.8 Å². The Morgan fingerprint density at radius 1 is 0.944 bits per heavy atom. The van der Waals surface area contributed by atoms with E-state index in [-0.39, 0.29) is 22.8 Å². The molecule has 3 aromatic rings. The molecule has 0 aliphatic rings. The quantitative estimate of drug-likeness (QED) is 0.676. The molecule has 3 heterocycles. The van der Waals surface area contributed by atoms with E-state index in [0.29, 0.717) is 5.82 Å². The molecule has 0 fully saturated rings. The van der Waals surface area contributed by atoms with E-state index in [9.17, 15) is 10.2 Å². The highest BCUT2D eigenvalue weighted by atomic mass is 16.3. The molecule has 0 radical (unpaired) electrons. The van der Waals surface area contributed by atoms with Gasteiger partial charge in [0.15, 0.2) is 11.0 Å². The third-order valence-electron chi connectivity index (χ3n) is 2.67. The van der Waals surface area contributed by atoms with Crippen molar-refractivity contribution < 1.29 is 10.2 Å². The van der Waals surface area contributed by atoms with Crippen LogP contribution in [-0.2, 0) is 0 Å². The van der Waals surface area contributed by atoms with Crippen LogP contribution in [0.1, 0.15) is 5.56 Å². The summed E-state index contributed by atoms with van der Waals surface area (Å²) in [6, 6.07) is 3.54. The number of aromatic hydroxyl groups is 2. The Morgan fingerprint density at radius 2 is 1.56 bits per heavy atom. The van der Waals surface area contributed by atoms with Crippen LogP contribution in [0.3, 0.4) is 0 Å². The molecule has 0 aromatic carbocycles.